The van der Waals surface area contributed by atoms with E-state index in [1.165, 1.54) is 6.42 Å². The van der Waals surface area contributed by atoms with E-state index in [2.05, 4.69) is 10.6 Å². The highest BCUT2D eigenvalue weighted by molar-refractivity contribution is 6.63. The smallest absolute Gasteiger partial charge is 0.313 e. The predicted octanol–water partition coefficient (Wildman–Crippen LogP) is 2.55. The zero-order valence-corrected chi connectivity index (χ0v) is 10.9. The Morgan fingerprint density at radius 1 is 0.882 bits per heavy atom. The zero-order chi connectivity index (χ0) is 12.4. The molecule has 2 aliphatic carbocycles. The first kappa shape index (κ1) is 13.0. The molecule has 2 N–H and O–H groups in total. The molecule has 96 valence electrons. The molecule has 0 aromatic carbocycles. The maximum Gasteiger partial charge on any atom is 0.313 e. The molecule has 0 aliphatic heterocycles. The van der Waals surface area contributed by atoms with Gasteiger partial charge in [0.2, 0.25) is 0 Å². The molecular weight excluding hydrogens is 263 g/mol. The van der Waals surface area contributed by atoms with Gasteiger partial charge in [0.15, 0.2) is 0 Å². The van der Waals surface area contributed by atoms with Crippen molar-refractivity contribution in [2.75, 3.05) is 13.1 Å². The lowest BCUT2D eigenvalue weighted by Gasteiger charge is -2.27. The van der Waals surface area contributed by atoms with Crippen LogP contribution in [-0.2, 0) is 0 Å². The van der Waals surface area contributed by atoms with Gasteiger partial charge in [-0.05, 0) is 66.1 Å². The maximum atomic E-state index is 10.6. The molecule has 4 unspecified atom stereocenters. The molecule has 0 saturated heterocycles. The quantitative estimate of drug-likeness (QED) is 0.613. The first-order valence-electron chi connectivity index (χ1n) is 5.93. The predicted molar refractivity (Wildman–Crippen MR) is 66.3 cm³/mol. The second kappa shape index (κ2) is 5.44. The molecule has 4 nitrogen and oxygen atoms in total. The Bertz CT molecular complexity index is 295. The van der Waals surface area contributed by atoms with Crippen LogP contribution in [0.15, 0.2) is 0 Å². The van der Waals surface area contributed by atoms with Gasteiger partial charge in [0.1, 0.15) is 0 Å². The van der Waals surface area contributed by atoms with Crippen molar-refractivity contribution in [1.82, 2.24) is 10.6 Å². The summed E-state index contributed by atoms with van der Waals surface area (Å²) in [5, 5.41) is 4.40. The fourth-order valence-electron chi connectivity index (χ4n) is 3.44. The van der Waals surface area contributed by atoms with E-state index in [0.717, 1.165) is 12.8 Å². The van der Waals surface area contributed by atoms with Gasteiger partial charge >= 0.3 is 10.7 Å². The topological polar surface area (TPSA) is 58.2 Å². The summed E-state index contributed by atoms with van der Waals surface area (Å²) in [5.74, 6) is 2.40. The van der Waals surface area contributed by atoms with Crippen molar-refractivity contribution in [3.8, 4) is 0 Å². The lowest BCUT2D eigenvalue weighted by atomic mass is 9.82. The number of carbonyl (C=O) groups is 2. The van der Waals surface area contributed by atoms with Gasteiger partial charge in [-0.2, -0.15) is 0 Å². The summed E-state index contributed by atoms with van der Waals surface area (Å²) in [6.45, 7) is 1.36. The SMILES string of the molecule is O=C(Cl)NCC1CC2CC1CC2CNC(=O)Cl. The number of halogens is 2. The number of hydrogen-bond donors (Lipinski definition) is 2. The van der Waals surface area contributed by atoms with E-state index in [4.69, 9.17) is 23.2 Å². The third kappa shape index (κ3) is 3.26. The summed E-state index contributed by atoms with van der Waals surface area (Å²) in [4.78, 5) is 21.3. The van der Waals surface area contributed by atoms with Gasteiger partial charge < -0.3 is 10.6 Å². The van der Waals surface area contributed by atoms with Gasteiger partial charge in [0.25, 0.3) is 0 Å². The minimum Gasteiger partial charge on any atom is -0.342 e. The second-order valence-electron chi connectivity index (χ2n) is 5.06. The van der Waals surface area contributed by atoms with Crippen LogP contribution in [0.1, 0.15) is 19.3 Å². The minimum atomic E-state index is -0.473. The molecule has 0 spiro atoms. The standard InChI is InChI=1S/C11H16Cl2N2O2/c12-10(16)14-4-8-2-6-1-7(8)3-9(6)5-15-11(13)17/h6-9H,1-5H2,(H,14,16)(H,15,17). The van der Waals surface area contributed by atoms with Crippen LogP contribution < -0.4 is 10.6 Å². The zero-order valence-electron chi connectivity index (χ0n) is 9.42. The highest BCUT2D eigenvalue weighted by Crippen LogP contribution is 2.51. The van der Waals surface area contributed by atoms with Crippen molar-refractivity contribution < 1.29 is 9.59 Å². The number of amides is 2. The fourth-order valence-corrected chi connectivity index (χ4v) is 3.59. The summed E-state index contributed by atoms with van der Waals surface area (Å²) in [6, 6.07) is 0. The third-order valence-corrected chi connectivity index (χ3v) is 4.42. The molecule has 2 saturated carbocycles. The van der Waals surface area contributed by atoms with Crippen LogP contribution in [0.3, 0.4) is 0 Å². The summed E-state index contributed by atoms with van der Waals surface area (Å²) in [7, 11) is 0. The van der Waals surface area contributed by atoms with Gasteiger partial charge in [-0.1, -0.05) is 0 Å². The third-order valence-electron chi connectivity index (χ3n) is 4.16. The number of nitrogens with one attached hydrogen (secondary N) is 2. The van der Waals surface area contributed by atoms with Crippen LogP contribution in [0.4, 0.5) is 9.59 Å². The first-order chi connectivity index (χ1) is 8.06. The minimum absolute atomic E-state index is 0.473. The summed E-state index contributed by atoms with van der Waals surface area (Å²) >= 11 is 10.5. The molecule has 0 aromatic rings. The Kier molecular flexibility index (Phi) is 4.15. The molecule has 2 bridgehead atoms. The van der Waals surface area contributed by atoms with Crippen LogP contribution in [-0.4, -0.2) is 23.8 Å². The number of fused-ring (bicyclic) bond motifs is 2. The van der Waals surface area contributed by atoms with Crippen LogP contribution >= 0.6 is 23.2 Å². The van der Waals surface area contributed by atoms with Gasteiger partial charge in [-0.3, -0.25) is 9.59 Å². The summed E-state index contributed by atoms with van der Waals surface area (Å²) in [6.07, 6.45) is 3.43. The summed E-state index contributed by atoms with van der Waals surface area (Å²) < 4.78 is 0. The molecule has 2 rings (SSSR count). The molecule has 0 radical (unpaired) electrons. The number of carbonyl (C=O) groups excluding carboxylic acids is 2. The maximum absolute atomic E-state index is 10.6. The molecule has 2 fully saturated rings. The van der Waals surface area contributed by atoms with Crippen LogP contribution in [0.2, 0.25) is 0 Å². The van der Waals surface area contributed by atoms with E-state index in [1.807, 2.05) is 0 Å². The Hall–Kier alpha value is -0.480. The average Bonchev–Trinajstić information content (AvgIpc) is 2.82. The van der Waals surface area contributed by atoms with Crippen molar-refractivity contribution in [3.63, 3.8) is 0 Å². The highest BCUT2D eigenvalue weighted by Gasteiger charge is 2.45. The van der Waals surface area contributed by atoms with Crippen molar-refractivity contribution >= 4 is 33.9 Å². The Morgan fingerprint density at radius 2 is 1.29 bits per heavy atom. The van der Waals surface area contributed by atoms with Crippen molar-refractivity contribution in [1.29, 1.82) is 0 Å². The fraction of sp³-hybridized carbons (Fsp3) is 0.818. The number of hydrogen-bond acceptors (Lipinski definition) is 2. The Balaban J connectivity index is 1.75. The highest BCUT2D eigenvalue weighted by atomic mass is 35.5. The van der Waals surface area contributed by atoms with E-state index in [-0.39, 0.29) is 0 Å². The van der Waals surface area contributed by atoms with Crippen LogP contribution in [0.25, 0.3) is 0 Å². The van der Waals surface area contributed by atoms with Crippen LogP contribution in [0, 0.1) is 23.7 Å². The second-order valence-corrected chi connectivity index (χ2v) is 5.74. The van der Waals surface area contributed by atoms with Gasteiger partial charge in [-0.25, -0.2) is 0 Å². The average molecular weight is 279 g/mol. The Morgan fingerprint density at radius 3 is 1.59 bits per heavy atom. The molecule has 0 aromatic heterocycles. The molecule has 17 heavy (non-hydrogen) atoms. The van der Waals surface area contributed by atoms with Gasteiger partial charge in [0.05, 0.1) is 0 Å². The molecule has 6 heteroatoms. The lowest BCUT2D eigenvalue weighted by Crippen LogP contribution is -2.33. The van der Waals surface area contributed by atoms with E-state index in [1.54, 1.807) is 0 Å². The molecule has 0 heterocycles. The molecular formula is C11H16Cl2N2O2. The largest absolute Gasteiger partial charge is 0.342 e. The van der Waals surface area contributed by atoms with Crippen molar-refractivity contribution in [2.45, 2.75) is 19.3 Å². The normalized spacial score (nSPS) is 34.7. The van der Waals surface area contributed by atoms with E-state index in [0.29, 0.717) is 36.8 Å². The molecule has 4 atom stereocenters. The number of rotatable bonds is 4. The van der Waals surface area contributed by atoms with E-state index in [9.17, 15) is 9.59 Å². The van der Waals surface area contributed by atoms with E-state index < -0.39 is 10.7 Å². The Labute approximate surface area is 110 Å². The van der Waals surface area contributed by atoms with Gasteiger partial charge in [0, 0.05) is 13.1 Å². The van der Waals surface area contributed by atoms with Crippen molar-refractivity contribution in [2.24, 2.45) is 23.7 Å². The van der Waals surface area contributed by atoms with Crippen molar-refractivity contribution in [3.05, 3.63) is 0 Å². The molecule has 2 aliphatic rings. The monoisotopic (exact) mass is 278 g/mol. The van der Waals surface area contributed by atoms with Gasteiger partial charge in [-0.15, -0.1) is 0 Å². The molecule has 2 amide bonds. The first-order valence-corrected chi connectivity index (χ1v) is 6.68. The summed E-state index contributed by atoms with van der Waals surface area (Å²) in [5.41, 5.74) is 0. The lowest BCUT2D eigenvalue weighted by molar-refractivity contribution is 0.232. The van der Waals surface area contributed by atoms with Crippen LogP contribution in [0.5, 0.6) is 0 Å². The van der Waals surface area contributed by atoms with E-state index >= 15 is 0 Å².